The maximum absolute atomic E-state index is 3.64. The number of halogens is 1. The molecule has 0 atom stereocenters. The van der Waals surface area contributed by atoms with Gasteiger partial charge >= 0.3 is 0 Å². The lowest BCUT2D eigenvalue weighted by atomic mass is 9.87. The molecule has 0 unspecified atom stereocenters. The van der Waals surface area contributed by atoms with E-state index in [2.05, 4.69) is 166 Å². The predicted molar refractivity (Wildman–Crippen MR) is 174 cm³/mol. The minimum atomic E-state index is 1.07. The zero-order valence-electron chi connectivity index (χ0n) is 21.7. The van der Waals surface area contributed by atoms with Crippen molar-refractivity contribution in [1.29, 1.82) is 0 Å². The fraction of sp³-hybridized carbons (Fsp3) is 0. The van der Waals surface area contributed by atoms with Crippen LogP contribution < -0.4 is 0 Å². The van der Waals surface area contributed by atoms with Gasteiger partial charge in [-0.05, 0) is 68.6 Å². The minimum absolute atomic E-state index is 1.07. The van der Waals surface area contributed by atoms with E-state index in [4.69, 9.17) is 0 Å². The molecule has 1 aromatic heterocycles. The first-order valence-electron chi connectivity index (χ1n) is 13.6. The summed E-state index contributed by atoms with van der Waals surface area (Å²) in [6.45, 7) is 0. The number of aromatic nitrogens is 1. The summed E-state index contributed by atoms with van der Waals surface area (Å²) in [5.74, 6) is 0. The molecule has 188 valence electrons. The van der Waals surface area contributed by atoms with Crippen molar-refractivity contribution in [1.82, 2.24) is 4.57 Å². The quantitative estimate of drug-likeness (QED) is 0.198. The van der Waals surface area contributed by atoms with E-state index in [0.29, 0.717) is 0 Å². The smallest absolute Gasteiger partial charge is 0.0625 e. The van der Waals surface area contributed by atoms with Gasteiger partial charge in [-0.3, -0.25) is 0 Å². The van der Waals surface area contributed by atoms with Crippen LogP contribution in [-0.2, 0) is 0 Å². The number of rotatable bonds is 3. The van der Waals surface area contributed by atoms with Crippen molar-refractivity contribution in [2.75, 3.05) is 0 Å². The Morgan fingerprint density at radius 3 is 1.70 bits per heavy atom. The molecule has 0 radical (unpaired) electrons. The molecule has 40 heavy (non-hydrogen) atoms. The van der Waals surface area contributed by atoms with Gasteiger partial charge in [0, 0.05) is 26.5 Å². The highest BCUT2D eigenvalue weighted by molar-refractivity contribution is 9.10. The van der Waals surface area contributed by atoms with Gasteiger partial charge < -0.3 is 4.57 Å². The summed E-state index contributed by atoms with van der Waals surface area (Å²) in [6, 6.07) is 52.8. The normalized spacial score (nSPS) is 11.6. The Labute approximate surface area is 241 Å². The number of para-hydroxylation sites is 1. The topological polar surface area (TPSA) is 4.93 Å². The summed E-state index contributed by atoms with van der Waals surface area (Å²) in [6.07, 6.45) is 0. The molecule has 0 aliphatic heterocycles. The first-order valence-corrected chi connectivity index (χ1v) is 14.4. The molecule has 0 amide bonds. The molecule has 1 heterocycles. The zero-order chi connectivity index (χ0) is 26.6. The summed E-state index contributed by atoms with van der Waals surface area (Å²) in [5, 5.41) is 7.52. The SMILES string of the molecule is Brc1ccc(-n2c3ccccc3c3ccc(-c4cccc5ccccc45)c(-c4cccc5ccccc45)c32)cc1. The molecule has 0 N–H and O–H groups in total. The Morgan fingerprint density at radius 1 is 0.400 bits per heavy atom. The van der Waals surface area contributed by atoms with Gasteiger partial charge in [0.1, 0.15) is 0 Å². The average molecular weight is 575 g/mol. The van der Waals surface area contributed by atoms with E-state index in [9.17, 15) is 0 Å². The lowest BCUT2D eigenvalue weighted by Gasteiger charge is -2.18. The van der Waals surface area contributed by atoms with E-state index >= 15 is 0 Å². The first-order chi connectivity index (χ1) is 19.8. The third kappa shape index (κ3) is 3.53. The Balaban J connectivity index is 1.62. The zero-order valence-corrected chi connectivity index (χ0v) is 23.3. The fourth-order valence-corrected chi connectivity index (χ4v) is 6.58. The molecule has 7 aromatic carbocycles. The lowest BCUT2D eigenvalue weighted by Crippen LogP contribution is -1.97. The molecule has 0 saturated heterocycles. The van der Waals surface area contributed by atoms with Crippen molar-refractivity contribution >= 4 is 59.3 Å². The van der Waals surface area contributed by atoms with E-state index in [1.54, 1.807) is 0 Å². The fourth-order valence-electron chi connectivity index (χ4n) is 6.32. The highest BCUT2D eigenvalue weighted by Gasteiger charge is 2.22. The number of benzene rings is 7. The van der Waals surface area contributed by atoms with Crippen molar-refractivity contribution in [3.05, 3.63) is 150 Å². The maximum Gasteiger partial charge on any atom is 0.0625 e. The Morgan fingerprint density at radius 2 is 0.975 bits per heavy atom. The second-order valence-corrected chi connectivity index (χ2v) is 11.2. The van der Waals surface area contributed by atoms with Crippen LogP contribution >= 0.6 is 15.9 Å². The molecule has 0 aliphatic carbocycles. The highest BCUT2D eigenvalue weighted by Crippen LogP contribution is 2.46. The monoisotopic (exact) mass is 573 g/mol. The number of nitrogens with zero attached hydrogens (tertiary/aromatic N) is 1. The molecule has 2 heteroatoms. The lowest BCUT2D eigenvalue weighted by molar-refractivity contribution is 1.18. The van der Waals surface area contributed by atoms with Crippen molar-refractivity contribution < 1.29 is 0 Å². The van der Waals surface area contributed by atoms with Gasteiger partial charge in [0.15, 0.2) is 0 Å². The number of hydrogen-bond donors (Lipinski definition) is 0. The van der Waals surface area contributed by atoms with Crippen molar-refractivity contribution in [3.8, 4) is 27.9 Å². The van der Waals surface area contributed by atoms with Gasteiger partial charge in [0.05, 0.1) is 11.0 Å². The minimum Gasteiger partial charge on any atom is -0.309 e. The van der Waals surface area contributed by atoms with Crippen molar-refractivity contribution in [2.45, 2.75) is 0 Å². The second kappa shape index (κ2) is 9.22. The molecular formula is C38H24BrN. The Kier molecular flexibility index (Phi) is 5.36. The van der Waals surface area contributed by atoms with Crippen LogP contribution in [0.5, 0.6) is 0 Å². The van der Waals surface area contributed by atoms with Crippen molar-refractivity contribution in [3.63, 3.8) is 0 Å². The van der Waals surface area contributed by atoms with Gasteiger partial charge in [-0.1, -0.05) is 131 Å². The summed E-state index contributed by atoms with van der Waals surface area (Å²) >= 11 is 3.64. The molecule has 0 saturated carbocycles. The van der Waals surface area contributed by atoms with Crippen LogP contribution in [0.2, 0.25) is 0 Å². The average Bonchev–Trinajstić information content (AvgIpc) is 3.35. The van der Waals surface area contributed by atoms with E-state index < -0.39 is 0 Å². The van der Waals surface area contributed by atoms with E-state index in [1.807, 2.05) is 0 Å². The molecule has 0 fully saturated rings. The predicted octanol–water partition coefficient (Wildman–Crippen LogP) is 11.2. The molecule has 0 aliphatic rings. The number of hydrogen-bond acceptors (Lipinski definition) is 0. The molecule has 0 bridgehead atoms. The summed E-state index contributed by atoms with van der Waals surface area (Å²) in [7, 11) is 0. The van der Waals surface area contributed by atoms with Crippen LogP contribution in [0.15, 0.2) is 150 Å². The maximum atomic E-state index is 3.64. The van der Waals surface area contributed by atoms with E-state index in [1.165, 1.54) is 65.6 Å². The molecular weight excluding hydrogens is 550 g/mol. The molecule has 8 rings (SSSR count). The van der Waals surface area contributed by atoms with Gasteiger partial charge in [-0.25, -0.2) is 0 Å². The summed E-state index contributed by atoms with van der Waals surface area (Å²) in [5.41, 5.74) is 8.56. The van der Waals surface area contributed by atoms with Crippen LogP contribution in [0.25, 0.3) is 71.3 Å². The van der Waals surface area contributed by atoms with Gasteiger partial charge in [-0.2, -0.15) is 0 Å². The summed E-state index contributed by atoms with van der Waals surface area (Å²) < 4.78 is 3.52. The van der Waals surface area contributed by atoms with Crippen LogP contribution in [-0.4, -0.2) is 4.57 Å². The third-order valence-corrected chi connectivity index (χ3v) is 8.59. The van der Waals surface area contributed by atoms with Crippen LogP contribution in [0.3, 0.4) is 0 Å². The van der Waals surface area contributed by atoms with Crippen LogP contribution in [0, 0.1) is 0 Å². The Bertz CT molecular complexity index is 2210. The van der Waals surface area contributed by atoms with Gasteiger partial charge in [-0.15, -0.1) is 0 Å². The largest absolute Gasteiger partial charge is 0.309 e. The van der Waals surface area contributed by atoms with Crippen molar-refractivity contribution in [2.24, 2.45) is 0 Å². The van der Waals surface area contributed by atoms with E-state index in [0.717, 1.165) is 10.2 Å². The van der Waals surface area contributed by atoms with Gasteiger partial charge in [0.2, 0.25) is 0 Å². The van der Waals surface area contributed by atoms with Crippen LogP contribution in [0.1, 0.15) is 0 Å². The second-order valence-electron chi connectivity index (χ2n) is 10.3. The van der Waals surface area contributed by atoms with Gasteiger partial charge in [0.25, 0.3) is 0 Å². The molecule has 0 spiro atoms. The first kappa shape index (κ1) is 23.2. The molecule has 8 aromatic rings. The third-order valence-electron chi connectivity index (χ3n) is 8.06. The summed E-state index contributed by atoms with van der Waals surface area (Å²) in [4.78, 5) is 0. The van der Waals surface area contributed by atoms with E-state index in [-0.39, 0.29) is 0 Å². The Hall–Kier alpha value is -4.66. The highest BCUT2D eigenvalue weighted by atomic mass is 79.9. The van der Waals surface area contributed by atoms with Crippen LogP contribution in [0.4, 0.5) is 0 Å². The standard InChI is InChI=1S/C38H24BrN/c39-27-19-21-28(22-20-27)40-36-18-6-5-15-32(36)35-24-23-34(31-16-7-11-25-9-1-3-13-29(25)31)37(38(35)40)33-17-8-12-26-10-2-4-14-30(26)33/h1-24H. The molecule has 1 nitrogen and oxygen atoms in total. The number of fused-ring (bicyclic) bond motifs is 5.